The second-order valence-electron chi connectivity index (χ2n) is 5.22. The first-order chi connectivity index (χ1) is 9.34. The zero-order valence-corrected chi connectivity index (χ0v) is 11.8. The topological polar surface area (TPSA) is 30.5 Å². The maximum absolute atomic E-state index is 5.43. The van der Waals surface area contributed by atoms with Crippen LogP contribution >= 0.6 is 0 Å². The van der Waals surface area contributed by atoms with Gasteiger partial charge in [0.1, 0.15) is 0 Å². The Balaban J connectivity index is 1.51. The van der Waals surface area contributed by atoms with Crippen LogP contribution in [-0.2, 0) is 16.0 Å². The highest BCUT2D eigenvalue weighted by Gasteiger charge is 2.14. The van der Waals surface area contributed by atoms with Crippen molar-refractivity contribution in [1.82, 2.24) is 5.32 Å². The molecule has 1 aromatic rings. The van der Waals surface area contributed by atoms with Crippen LogP contribution in [0.4, 0.5) is 0 Å². The van der Waals surface area contributed by atoms with Crippen LogP contribution in [0.1, 0.15) is 38.2 Å². The summed E-state index contributed by atoms with van der Waals surface area (Å²) >= 11 is 0. The van der Waals surface area contributed by atoms with Crippen molar-refractivity contribution in [2.75, 3.05) is 13.2 Å². The van der Waals surface area contributed by atoms with Crippen molar-refractivity contribution in [3.05, 3.63) is 35.9 Å². The molecule has 1 saturated heterocycles. The molecule has 0 aromatic heterocycles. The minimum absolute atomic E-state index is 0.0626. The molecule has 0 aliphatic carbocycles. The molecule has 1 fully saturated rings. The van der Waals surface area contributed by atoms with Gasteiger partial charge in [-0.1, -0.05) is 36.8 Å². The van der Waals surface area contributed by atoms with Gasteiger partial charge in [0.2, 0.25) is 0 Å². The third kappa shape index (κ3) is 5.72. The number of unbranched alkanes of at least 4 members (excludes halogenated alkanes) is 1. The molecule has 1 atom stereocenters. The highest BCUT2D eigenvalue weighted by Crippen LogP contribution is 2.13. The Hall–Kier alpha value is -0.900. The van der Waals surface area contributed by atoms with Gasteiger partial charge in [-0.15, -0.1) is 0 Å². The summed E-state index contributed by atoms with van der Waals surface area (Å²) < 4.78 is 10.9. The van der Waals surface area contributed by atoms with E-state index in [0.29, 0.717) is 6.04 Å². The van der Waals surface area contributed by atoms with E-state index in [4.69, 9.17) is 9.47 Å². The molecular formula is C16H25NO2. The van der Waals surface area contributed by atoms with Gasteiger partial charge in [-0.3, -0.25) is 0 Å². The number of rotatable bonds is 8. The van der Waals surface area contributed by atoms with E-state index >= 15 is 0 Å². The quantitative estimate of drug-likeness (QED) is 0.731. The Bertz CT molecular complexity index is 336. The van der Waals surface area contributed by atoms with Crippen LogP contribution in [0.5, 0.6) is 0 Å². The molecule has 1 unspecified atom stereocenters. The molecule has 106 valence electrons. The lowest BCUT2D eigenvalue weighted by molar-refractivity contribution is -0.0480. The zero-order valence-electron chi connectivity index (χ0n) is 11.8. The van der Waals surface area contributed by atoms with E-state index in [1.54, 1.807) is 0 Å². The van der Waals surface area contributed by atoms with Crippen LogP contribution in [0, 0.1) is 0 Å². The molecule has 0 amide bonds. The molecule has 0 radical (unpaired) electrons. The Kier molecular flexibility index (Phi) is 6.34. The zero-order chi connectivity index (χ0) is 13.3. The smallest absolute Gasteiger partial charge is 0.157 e. The second-order valence-corrected chi connectivity index (χ2v) is 5.22. The van der Waals surface area contributed by atoms with Crippen molar-refractivity contribution in [3.8, 4) is 0 Å². The minimum Gasteiger partial charge on any atom is -0.350 e. The van der Waals surface area contributed by atoms with Crippen LogP contribution in [0.15, 0.2) is 30.3 Å². The first kappa shape index (κ1) is 14.5. The number of nitrogens with one attached hydrogen (secondary N) is 1. The monoisotopic (exact) mass is 263 g/mol. The molecule has 3 heteroatoms. The van der Waals surface area contributed by atoms with E-state index in [9.17, 15) is 0 Å². The minimum atomic E-state index is 0.0626. The van der Waals surface area contributed by atoms with Gasteiger partial charge in [0.15, 0.2) is 6.29 Å². The summed E-state index contributed by atoms with van der Waals surface area (Å²) in [5.74, 6) is 0. The summed E-state index contributed by atoms with van der Waals surface area (Å²) in [6.45, 7) is 4.74. The Morgan fingerprint density at radius 2 is 1.89 bits per heavy atom. The summed E-state index contributed by atoms with van der Waals surface area (Å²) in [5, 5.41) is 3.56. The van der Waals surface area contributed by atoms with E-state index in [-0.39, 0.29) is 6.29 Å². The van der Waals surface area contributed by atoms with E-state index in [1.165, 1.54) is 24.8 Å². The van der Waals surface area contributed by atoms with E-state index in [1.807, 2.05) is 0 Å². The predicted molar refractivity (Wildman–Crippen MR) is 76.9 cm³/mol. The molecule has 1 aliphatic rings. The Labute approximate surface area is 116 Å². The SMILES string of the molecule is CC(CCCCC1OCCO1)NCc1ccccc1. The average Bonchev–Trinajstić information content (AvgIpc) is 2.96. The Morgan fingerprint density at radius 1 is 1.16 bits per heavy atom. The van der Waals surface area contributed by atoms with E-state index in [0.717, 1.165) is 26.2 Å². The van der Waals surface area contributed by atoms with Crippen molar-refractivity contribution in [2.24, 2.45) is 0 Å². The van der Waals surface area contributed by atoms with Gasteiger partial charge in [-0.05, 0) is 31.7 Å². The van der Waals surface area contributed by atoms with Gasteiger partial charge in [0.25, 0.3) is 0 Å². The van der Waals surface area contributed by atoms with E-state index < -0.39 is 0 Å². The van der Waals surface area contributed by atoms with Gasteiger partial charge >= 0.3 is 0 Å². The summed E-state index contributed by atoms with van der Waals surface area (Å²) in [7, 11) is 0. The largest absolute Gasteiger partial charge is 0.350 e. The van der Waals surface area contributed by atoms with Crippen molar-refractivity contribution in [3.63, 3.8) is 0 Å². The molecule has 1 aromatic carbocycles. The lowest BCUT2D eigenvalue weighted by Crippen LogP contribution is -2.25. The van der Waals surface area contributed by atoms with E-state index in [2.05, 4.69) is 42.6 Å². The Morgan fingerprint density at radius 3 is 2.63 bits per heavy atom. The number of ether oxygens (including phenoxy) is 2. The maximum atomic E-state index is 5.43. The molecule has 0 saturated carbocycles. The molecule has 0 bridgehead atoms. The lowest BCUT2D eigenvalue weighted by atomic mass is 10.1. The third-order valence-corrected chi connectivity index (χ3v) is 3.52. The third-order valence-electron chi connectivity index (χ3n) is 3.52. The number of benzene rings is 1. The standard InChI is InChI=1S/C16H25NO2/c1-14(17-13-15-8-3-2-4-9-15)7-5-6-10-16-18-11-12-19-16/h2-4,8-9,14,16-17H,5-7,10-13H2,1H3. The van der Waals surface area contributed by atoms with Crippen molar-refractivity contribution < 1.29 is 9.47 Å². The molecule has 19 heavy (non-hydrogen) atoms. The van der Waals surface area contributed by atoms with Crippen LogP contribution in [0.2, 0.25) is 0 Å². The fourth-order valence-electron chi connectivity index (χ4n) is 2.33. The van der Waals surface area contributed by atoms with Crippen LogP contribution in [-0.4, -0.2) is 25.5 Å². The van der Waals surface area contributed by atoms with Crippen molar-refractivity contribution in [1.29, 1.82) is 0 Å². The number of hydrogen-bond donors (Lipinski definition) is 1. The normalized spacial score (nSPS) is 17.7. The molecule has 1 N–H and O–H groups in total. The molecule has 1 heterocycles. The fourth-order valence-corrected chi connectivity index (χ4v) is 2.33. The fraction of sp³-hybridized carbons (Fsp3) is 0.625. The van der Waals surface area contributed by atoms with Gasteiger partial charge in [-0.25, -0.2) is 0 Å². The first-order valence-electron chi connectivity index (χ1n) is 7.35. The summed E-state index contributed by atoms with van der Waals surface area (Å²) in [6, 6.07) is 11.1. The average molecular weight is 263 g/mol. The molecule has 2 rings (SSSR count). The van der Waals surface area contributed by atoms with Crippen LogP contribution in [0.3, 0.4) is 0 Å². The molecule has 1 aliphatic heterocycles. The molecule has 3 nitrogen and oxygen atoms in total. The maximum Gasteiger partial charge on any atom is 0.157 e. The molecule has 0 spiro atoms. The van der Waals surface area contributed by atoms with Crippen molar-refractivity contribution >= 4 is 0 Å². The summed E-state index contributed by atoms with van der Waals surface area (Å²) in [5.41, 5.74) is 1.35. The van der Waals surface area contributed by atoms with Gasteiger partial charge in [-0.2, -0.15) is 0 Å². The van der Waals surface area contributed by atoms with Crippen LogP contribution < -0.4 is 5.32 Å². The van der Waals surface area contributed by atoms with Gasteiger partial charge in [0.05, 0.1) is 13.2 Å². The van der Waals surface area contributed by atoms with Crippen molar-refractivity contribution in [2.45, 2.75) is 51.5 Å². The predicted octanol–water partition coefficient (Wildman–Crippen LogP) is 3.10. The first-order valence-corrected chi connectivity index (χ1v) is 7.35. The highest BCUT2D eigenvalue weighted by atomic mass is 16.7. The van der Waals surface area contributed by atoms with Gasteiger partial charge in [0, 0.05) is 12.6 Å². The second kappa shape index (κ2) is 8.31. The highest BCUT2D eigenvalue weighted by molar-refractivity contribution is 5.14. The summed E-state index contributed by atoms with van der Waals surface area (Å²) in [6.07, 6.45) is 4.71. The van der Waals surface area contributed by atoms with Crippen LogP contribution in [0.25, 0.3) is 0 Å². The number of hydrogen-bond acceptors (Lipinski definition) is 3. The summed E-state index contributed by atoms with van der Waals surface area (Å²) in [4.78, 5) is 0. The van der Waals surface area contributed by atoms with Gasteiger partial charge < -0.3 is 14.8 Å². The molecular weight excluding hydrogens is 238 g/mol. The lowest BCUT2D eigenvalue weighted by Gasteiger charge is -2.14.